The molecule has 14 heavy (non-hydrogen) atoms. The number of halogens is 3. The van der Waals surface area contributed by atoms with E-state index in [4.69, 9.17) is 0 Å². The van der Waals surface area contributed by atoms with E-state index >= 15 is 0 Å². The minimum absolute atomic E-state index is 0.146. The van der Waals surface area contributed by atoms with E-state index in [-0.39, 0.29) is 5.69 Å². The van der Waals surface area contributed by atoms with Crippen LogP contribution in [-0.2, 0) is 11.0 Å². The zero-order valence-corrected chi connectivity index (χ0v) is 7.35. The van der Waals surface area contributed by atoms with Crippen molar-refractivity contribution in [2.75, 3.05) is 5.32 Å². The summed E-state index contributed by atoms with van der Waals surface area (Å²) in [4.78, 5) is 10.1. The van der Waals surface area contributed by atoms with E-state index in [2.05, 4.69) is 5.32 Å². The molecule has 0 aliphatic rings. The maximum absolute atomic E-state index is 12.3. The Labute approximate surface area is 78.7 Å². The lowest BCUT2D eigenvalue weighted by Crippen LogP contribution is -2.06. The first-order valence-corrected chi connectivity index (χ1v) is 3.82. The molecule has 0 aliphatic heterocycles. The van der Waals surface area contributed by atoms with E-state index in [1.807, 2.05) is 0 Å². The first kappa shape index (κ1) is 10.6. The third-order valence-corrected chi connectivity index (χ3v) is 1.63. The molecule has 0 unspecified atom stereocenters. The average Bonchev–Trinajstić information content (AvgIpc) is 2.02. The molecule has 1 rings (SSSR count). The van der Waals surface area contributed by atoms with E-state index in [1.165, 1.54) is 13.0 Å². The van der Waals surface area contributed by atoms with Crippen molar-refractivity contribution in [3.05, 3.63) is 29.3 Å². The Morgan fingerprint density at radius 3 is 2.43 bits per heavy atom. The molecular weight excluding hydrogens is 195 g/mol. The number of nitrogens with one attached hydrogen (secondary N) is 1. The van der Waals surface area contributed by atoms with Gasteiger partial charge in [-0.15, -0.1) is 0 Å². The fourth-order valence-corrected chi connectivity index (χ4v) is 1.10. The number of carbonyl (C=O) groups is 1. The molecule has 0 saturated carbocycles. The SMILES string of the molecule is Cc1cc(NC=O)cc(C(F)(F)F)c1. The molecule has 0 atom stereocenters. The number of alkyl halides is 3. The van der Waals surface area contributed by atoms with Crippen LogP contribution in [0.15, 0.2) is 18.2 Å². The maximum atomic E-state index is 12.3. The summed E-state index contributed by atoms with van der Waals surface area (Å²) in [6, 6.07) is 3.38. The molecule has 0 aliphatic carbocycles. The maximum Gasteiger partial charge on any atom is 0.416 e. The fraction of sp³-hybridized carbons (Fsp3) is 0.222. The number of amides is 1. The van der Waals surface area contributed by atoms with Gasteiger partial charge in [-0.2, -0.15) is 13.2 Å². The second kappa shape index (κ2) is 3.69. The van der Waals surface area contributed by atoms with Crippen molar-refractivity contribution in [1.29, 1.82) is 0 Å². The van der Waals surface area contributed by atoms with Gasteiger partial charge < -0.3 is 5.32 Å². The van der Waals surface area contributed by atoms with Crippen molar-refractivity contribution >= 4 is 12.1 Å². The fourth-order valence-electron chi connectivity index (χ4n) is 1.10. The first-order valence-electron chi connectivity index (χ1n) is 3.82. The Bertz CT molecular complexity index is 346. The minimum Gasteiger partial charge on any atom is -0.329 e. The number of rotatable bonds is 2. The number of benzene rings is 1. The number of aryl methyl sites for hydroxylation is 1. The predicted molar refractivity (Wildman–Crippen MR) is 45.9 cm³/mol. The van der Waals surface area contributed by atoms with Crippen molar-refractivity contribution in [2.45, 2.75) is 13.1 Å². The van der Waals surface area contributed by atoms with Crippen LogP contribution in [0.1, 0.15) is 11.1 Å². The van der Waals surface area contributed by atoms with Crippen LogP contribution in [0.25, 0.3) is 0 Å². The molecule has 0 bridgehead atoms. The smallest absolute Gasteiger partial charge is 0.329 e. The summed E-state index contributed by atoms with van der Waals surface area (Å²) in [6.45, 7) is 1.53. The molecule has 76 valence electrons. The van der Waals surface area contributed by atoms with Crippen molar-refractivity contribution in [3.63, 3.8) is 0 Å². The van der Waals surface area contributed by atoms with Crippen LogP contribution in [0, 0.1) is 6.92 Å². The lowest BCUT2D eigenvalue weighted by Gasteiger charge is -2.09. The van der Waals surface area contributed by atoms with Gasteiger partial charge >= 0.3 is 6.18 Å². The predicted octanol–water partition coefficient (Wildman–Crippen LogP) is 2.58. The third-order valence-electron chi connectivity index (χ3n) is 1.63. The van der Waals surface area contributed by atoms with Gasteiger partial charge in [0, 0.05) is 5.69 Å². The van der Waals surface area contributed by atoms with Gasteiger partial charge in [0.2, 0.25) is 6.41 Å². The van der Waals surface area contributed by atoms with Gasteiger partial charge in [0.1, 0.15) is 0 Å². The number of anilines is 1. The van der Waals surface area contributed by atoms with Gasteiger partial charge in [-0.3, -0.25) is 4.79 Å². The summed E-state index contributed by atoms with van der Waals surface area (Å²) < 4.78 is 36.8. The van der Waals surface area contributed by atoms with Gasteiger partial charge in [0.05, 0.1) is 5.56 Å². The monoisotopic (exact) mass is 203 g/mol. The normalized spacial score (nSPS) is 11.1. The lowest BCUT2D eigenvalue weighted by atomic mass is 10.1. The van der Waals surface area contributed by atoms with E-state index in [0.29, 0.717) is 12.0 Å². The molecule has 0 radical (unpaired) electrons. The second-order valence-corrected chi connectivity index (χ2v) is 2.85. The Morgan fingerprint density at radius 2 is 1.93 bits per heavy atom. The molecule has 0 saturated heterocycles. The van der Waals surface area contributed by atoms with Crippen molar-refractivity contribution in [3.8, 4) is 0 Å². The van der Waals surface area contributed by atoms with Crippen LogP contribution < -0.4 is 5.32 Å². The van der Waals surface area contributed by atoms with Crippen LogP contribution in [0.4, 0.5) is 18.9 Å². The van der Waals surface area contributed by atoms with Crippen LogP contribution >= 0.6 is 0 Å². The van der Waals surface area contributed by atoms with Gasteiger partial charge in [0.25, 0.3) is 0 Å². The van der Waals surface area contributed by atoms with Gasteiger partial charge in [-0.05, 0) is 30.7 Å². The molecule has 0 heterocycles. The summed E-state index contributed by atoms with van der Waals surface area (Å²) in [7, 11) is 0. The second-order valence-electron chi connectivity index (χ2n) is 2.85. The molecule has 1 N–H and O–H groups in total. The lowest BCUT2D eigenvalue weighted by molar-refractivity contribution is -0.137. The summed E-state index contributed by atoms with van der Waals surface area (Å²) in [5.74, 6) is 0. The Hall–Kier alpha value is -1.52. The topological polar surface area (TPSA) is 29.1 Å². The van der Waals surface area contributed by atoms with Crippen molar-refractivity contribution < 1.29 is 18.0 Å². The Kier molecular flexibility index (Phi) is 2.78. The van der Waals surface area contributed by atoms with Crippen molar-refractivity contribution in [1.82, 2.24) is 0 Å². The third kappa shape index (κ3) is 2.48. The molecule has 2 nitrogen and oxygen atoms in total. The van der Waals surface area contributed by atoms with Crippen LogP contribution in [0.2, 0.25) is 0 Å². The number of hydrogen-bond donors (Lipinski definition) is 1. The van der Waals surface area contributed by atoms with Crippen molar-refractivity contribution in [2.24, 2.45) is 0 Å². The molecule has 0 spiro atoms. The van der Waals surface area contributed by atoms with E-state index in [9.17, 15) is 18.0 Å². The largest absolute Gasteiger partial charge is 0.416 e. The van der Waals surface area contributed by atoms with E-state index < -0.39 is 11.7 Å². The highest BCUT2D eigenvalue weighted by molar-refractivity contribution is 5.71. The summed E-state index contributed by atoms with van der Waals surface area (Å²) >= 11 is 0. The molecule has 5 heteroatoms. The van der Waals surface area contributed by atoms with Gasteiger partial charge in [-0.1, -0.05) is 0 Å². The van der Waals surface area contributed by atoms with Gasteiger partial charge in [-0.25, -0.2) is 0 Å². The molecular formula is C9H8F3NO. The molecule has 0 aromatic heterocycles. The molecule has 0 fully saturated rings. The standard InChI is InChI=1S/C9H8F3NO/c1-6-2-7(9(10,11)12)4-8(3-6)13-5-14/h2-5H,1H3,(H,13,14). The number of carbonyl (C=O) groups excluding carboxylic acids is 1. The minimum atomic E-state index is -4.38. The van der Waals surface area contributed by atoms with Crippen LogP contribution in [-0.4, -0.2) is 6.41 Å². The highest BCUT2D eigenvalue weighted by Gasteiger charge is 2.30. The summed E-state index contributed by atoms with van der Waals surface area (Å²) in [5.41, 5.74) is -0.168. The number of hydrogen-bond acceptors (Lipinski definition) is 1. The summed E-state index contributed by atoms with van der Waals surface area (Å²) in [5, 5.41) is 2.18. The zero-order chi connectivity index (χ0) is 10.8. The molecule has 1 amide bonds. The average molecular weight is 203 g/mol. The quantitative estimate of drug-likeness (QED) is 0.735. The van der Waals surface area contributed by atoms with E-state index in [1.54, 1.807) is 0 Å². The summed E-state index contributed by atoms with van der Waals surface area (Å²) in [6.07, 6.45) is -4.04. The van der Waals surface area contributed by atoms with Crippen LogP contribution in [0.3, 0.4) is 0 Å². The van der Waals surface area contributed by atoms with Gasteiger partial charge in [0.15, 0.2) is 0 Å². The van der Waals surface area contributed by atoms with E-state index in [0.717, 1.165) is 12.1 Å². The molecule has 1 aromatic carbocycles. The highest BCUT2D eigenvalue weighted by atomic mass is 19.4. The highest BCUT2D eigenvalue weighted by Crippen LogP contribution is 2.31. The zero-order valence-electron chi connectivity index (χ0n) is 7.35. The Balaban J connectivity index is 3.13. The first-order chi connectivity index (χ1) is 6.43. The molecule has 1 aromatic rings. The van der Waals surface area contributed by atoms with Crippen LogP contribution in [0.5, 0.6) is 0 Å². The Morgan fingerprint density at radius 1 is 1.29 bits per heavy atom.